The molecule has 106 valence electrons. The van der Waals surface area contributed by atoms with Crippen molar-refractivity contribution in [1.82, 2.24) is 0 Å². The van der Waals surface area contributed by atoms with Crippen LogP contribution in [0.3, 0.4) is 0 Å². The molecule has 0 aliphatic rings. The van der Waals surface area contributed by atoms with Crippen LogP contribution in [0.2, 0.25) is 0 Å². The smallest absolute Gasteiger partial charge is 0.338 e. The van der Waals surface area contributed by atoms with E-state index >= 15 is 0 Å². The molecule has 3 N–H and O–H groups in total. The fourth-order valence-electron chi connectivity index (χ4n) is 1.96. The predicted molar refractivity (Wildman–Crippen MR) is 73.3 cm³/mol. The van der Waals surface area contributed by atoms with E-state index in [9.17, 15) is 9.18 Å². The molecule has 0 unspecified atom stereocenters. The van der Waals surface area contributed by atoms with E-state index in [1.165, 1.54) is 0 Å². The number of carboxylic acid groups (broad SMARTS) is 1. The van der Waals surface area contributed by atoms with Gasteiger partial charge in [0.05, 0.1) is 23.5 Å². The van der Waals surface area contributed by atoms with E-state index in [1.807, 2.05) is 19.1 Å². The molecule has 0 saturated heterocycles. The minimum absolute atomic E-state index is 0.203. The number of aromatic carboxylic acids is 1. The molecule has 20 heavy (non-hydrogen) atoms. The van der Waals surface area contributed by atoms with Crippen LogP contribution in [0.4, 0.5) is 15.8 Å². The number of halogens is 1. The van der Waals surface area contributed by atoms with Crippen molar-refractivity contribution in [3.05, 3.63) is 47.2 Å². The van der Waals surface area contributed by atoms with Gasteiger partial charge in [-0.1, -0.05) is 0 Å². The van der Waals surface area contributed by atoms with Gasteiger partial charge >= 0.3 is 5.97 Å². The highest BCUT2D eigenvalue weighted by molar-refractivity contribution is 5.90. The Hall–Kier alpha value is -2.50. The lowest BCUT2D eigenvalue weighted by molar-refractivity contribution is 0.0692. The lowest BCUT2D eigenvalue weighted by Gasteiger charge is -2.20. The maximum Gasteiger partial charge on any atom is 0.338 e. The van der Waals surface area contributed by atoms with Gasteiger partial charge in [-0.15, -0.1) is 0 Å². The van der Waals surface area contributed by atoms with Crippen molar-refractivity contribution in [2.24, 2.45) is 0 Å². The Morgan fingerprint density at radius 2 is 2.15 bits per heavy atom. The maximum atomic E-state index is 13.7. The molecule has 0 spiro atoms. The number of rotatable bonds is 4. The van der Waals surface area contributed by atoms with Crippen molar-refractivity contribution >= 4 is 17.3 Å². The molecule has 0 bridgehead atoms. The lowest BCUT2D eigenvalue weighted by Crippen LogP contribution is -2.18. The van der Waals surface area contributed by atoms with Crippen LogP contribution in [-0.4, -0.2) is 18.1 Å². The van der Waals surface area contributed by atoms with Crippen LogP contribution < -0.4 is 10.6 Å². The summed E-state index contributed by atoms with van der Waals surface area (Å²) in [7, 11) is 1.73. The zero-order valence-corrected chi connectivity index (χ0v) is 11.2. The molecular formula is C14H15FN2O3. The fraction of sp³-hybridized carbons (Fsp3) is 0.214. The van der Waals surface area contributed by atoms with Gasteiger partial charge < -0.3 is 20.2 Å². The average molecular weight is 278 g/mol. The SMILES string of the molecule is Cc1ccc(CN(C)c2cc(F)c(C(=O)O)cc2N)o1. The zero-order chi connectivity index (χ0) is 14.9. The Labute approximate surface area is 115 Å². The van der Waals surface area contributed by atoms with Crippen LogP contribution in [0.1, 0.15) is 21.9 Å². The first-order valence-corrected chi connectivity index (χ1v) is 5.97. The van der Waals surface area contributed by atoms with Gasteiger partial charge in [-0.05, 0) is 25.1 Å². The molecule has 0 aliphatic carbocycles. The Bertz CT molecular complexity index is 652. The molecule has 0 aliphatic heterocycles. The molecule has 0 fully saturated rings. The molecule has 1 aromatic heterocycles. The normalized spacial score (nSPS) is 10.6. The molecule has 5 nitrogen and oxygen atoms in total. The maximum absolute atomic E-state index is 13.7. The third kappa shape index (κ3) is 2.74. The van der Waals surface area contributed by atoms with Gasteiger partial charge in [0, 0.05) is 13.1 Å². The molecule has 6 heteroatoms. The van der Waals surface area contributed by atoms with Crippen LogP contribution in [0.15, 0.2) is 28.7 Å². The zero-order valence-electron chi connectivity index (χ0n) is 11.2. The van der Waals surface area contributed by atoms with Crippen LogP contribution >= 0.6 is 0 Å². The highest BCUT2D eigenvalue weighted by atomic mass is 19.1. The third-order valence-corrected chi connectivity index (χ3v) is 2.95. The second-order valence-electron chi connectivity index (χ2n) is 4.56. The average Bonchev–Trinajstić information content (AvgIpc) is 2.76. The summed E-state index contributed by atoms with van der Waals surface area (Å²) < 4.78 is 19.1. The summed E-state index contributed by atoms with van der Waals surface area (Å²) in [5, 5.41) is 8.83. The quantitative estimate of drug-likeness (QED) is 0.840. The number of carbonyl (C=O) groups is 1. The van der Waals surface area contributed by atoms with Crippen molar-refractivity contribution in [3.63, 3.8) is 0 Å². The van der Waals surface area contributed by atoms with Gasteiger partial charge in [0.25, 0.3) is 0 Å². The van der Waals surface area contributed by atoms with E-state index in [1.54, 1.807) is 11.9 Å². The molecular weight excluding hydrogens is 263 g/mol. The van der Waals surface area contributed by atoms with E-state index in [2.05, 4.69) is 0 Å². The van der Waals surface area contributed by atoms with Crippen molar-refractivity contribution in [1.29, 1.82) is 0 Å². The summed E-state index contributed by atoms with van der Waals surface area (Å²) in [6.45, 7) is 2.24. The van der Waals surface area contributed by atoms with E-state index < -0.39 is 17.3 Å². The Morgan fingerprint density at radius 1 is 1.45 bits per heavy atom. The number of nitrogens with zero attached hydrogens (tertiary/aromatic N) is 1. The number of nitrogen functional groups attached to an aromatic ring is 1. The number of furan rings is 1. The second-order valence-corrected chi connectivity index (χ2v) is 4.56. The molecule has 2 aromatic rings. The Morgan fingerprint density at radius 3 is 2.70 bits per heavy atom. The Kier molecular flexibility index (Phi) is 3.65. The largest absolute Gasteiger partial charge is 0.478 e. The van der Waals surface area contributed by atoms with Crippen molar-refractivity contribution in [3.8, 4) is 0 Å². The lowest BCUT2D eigenvalue weighted by atomic mass is 10.1. The molecule has 0 radical (unpaired) electrons. The van der Waals surface area contributed by atoms with Gasteiger partial charge in [0.15, 0.2) is 0 Å². The summed E-state index contributed by atoms with van der Waals surface area (Å²) in [5.74, 6) is -0.657. The van der Waals surface area contributed by atoms with Gasteiger partial charge in [0.1, 0.15) is 17.3 Å². The van der Waals surface area contributed by atoms with E-state index in [0.29, 0.717) is 18.0 Å². The Balaban J connectivity index is 2.28. The predicted octanol–water partition coefficient (Wildman–Crippen LogP) is 2.64. The molecule has 1 heterocycles. The first-order chi connectivity index (χ1) is 9.38. The topological polar surface area (TPSA) is 79.7 Å². The summed E-state index contributed by atoms with van der Waals surface area (Å²) in [6, 6.07) is 5.90. The van der Waals surface area contributed by atoms with Crippen LogP contribution in [0.25, 0.3) is 0 Å². The molecule has 0 atom stereocenters. The minimum atomic E-state index is -1.34. The summed E-state index contributed by atoms with van der Waals surface area (Å²) in [5.41, 5.74) is 5.97. The summed E-state index contributed by atoms with van der Waals surface area (Å²) >= 11 is 0. The number of hydrogen-bond donors (Lipinski definition) is 2. The van der Waals surface area contributed by atoms with Crippen LogP contribution in [0.5, 0.6) is 0 Å². The van der Waals surface area contributed by atoms with Crippen LogP contribution in [0, 0.1) is 12.7 Å². The number of hydrogen-bond acceptors (Lipinski definition) is 4. The molecule has 2 rings (SSSR count). The minimum Gasteiger partial charge on any atom is -0.478 e. The van der Waals surface area contributed by atoms with Gasteiger partial charge in [-0.25, -0.2) is 9.18 Å². The number of carboxylic acids is 1. The monoisotopic (exact) mass is 278 g/mol. The van der Waals surface area contributed by atoms with E-state index in [4.69, 9.17) is 15.3 Å². The van der Waals surface area contributed by atoms with Crippen LogP contribution in [-0.2, 0) is 6.54 Å². The number of benzene rings is 1. The van der Waals surface area contributed by atoms with Crippen molar-refractivity contribution < 1.29 is 18.7 Å². The highest BCUT2D eigenvalue weighted by Crippen LogP contribution is 2.27. The highest BCUT2D eigenvalue weighted by Gasteiger charge is 2.16. The summed E-state index contributed by atoms with van der Waals surface area (Å²) in [6.07, 6.45) is 0. The first-order valence-electron chi connectivity index (χ1n) is 5.97. The fourth-order valence-corrected chi connectivity index (χ4v) is 1.96. The molecule has 1 aromatic carbocycles. The first kappa shape index (κ1) is 13.9. The van der Waals surface area contributed by atoms with Gasteiger partial charge in [0.2, 0.25) is 0 Å². The van der Waals surface area contributed by atoms with Gasteiger partial charge in [-0.3, -0.25) is 0 Å². The van der Waals surface area contributed by atoms with Crippen molar-refractivity contribution in [2.75, 3.05) is 17.7 Å². The van der Waals surface area contributed by atoms with E-state index in [0.717, 1.165) is 17.9 Å². The van der Waals surface area contributed by atoms with Gasteiger partial charge in [-0.2, -0.15) is 0 Å². The van der Waals surface area contributed by atoms with Crippen molar-refractivity contribution in [2.45, 2.75) is 13.5 Å². The number of aryl methyl sites for hydroxylation is 1. The number of anilines is 2. The second kappa shape index (κ2) is 5.24. The number of nitrogens with two attached hydrogens (primary N) is 1. The molecule has 0 amide bonds. The third-order valence-electron chi connectivity index (χ3n) is 2.95. The molecule has 0 saturated carbocycles. The van der Waals surface area contributed by atoms with E-state index in [-0.39, 0.29) is 5.69 Å². The standard InChI is InChI=1S/C14H15FN2O3/c1-8-3-4-9(20-8)7-17(2)13-6-11(15)10(14(18)19)5-12(13)16/h3-6H,7,16H2,1-2H3,(H,18,19). The summed E-state index contributed by atoms with van der Waals surface area (Å²) in [4.78, 5) is 12.5.